The highest BCUT2D eigenvalue weighted by atomic mass is 79.9. The molecule has 4 aromatic rings. The maximum absolute atomic E-state index is 13.3. The van der Waals surface area contributed by atoms with Crippen molar-refractivity contribution in [2.45, 2.75) is 31.9 Å². The summed E-state index contributed by atoms with van der Waals surface area (Å²) in [6.45, 7) is 4.16. The lowest BCUT2D eigenvalue weighted by Gasteiger charge is -2.22. The van der Waals surface area contributed by atoms with Gasteiger partial charge in [0, 0.05) is 49.7 Å². The Bertz CT molecular complexity index is 1950. The van der Waals surface area contributed by atoms with E-state index in [1.54, 1.807) is 34.6 Å². The predicted octanol–water partition coefficient (Wildman–Crippen LogP) is 4.70. The van der Waals surface area contributed by atoms with Gasteiger partial charge in [-0.15, -0.1) is 0 Å². The highest BCUT2D eigenvalue weighted by Gasteiger charge is 2.72. The zero-order valence-corrected chi connectivity index (χ0v) is 29.0. The number of pyridine rings is 2. The van der Waals surface area contributed by atoms with Gasteiger partial charge in [-0.05, 0) is 41.1 Å². The number of fused-ring (bicyclic) bond motifs is 2. The summed E-state index contributed by atoms with van der Waals surface area (Å²) in [6.07, 6.45) is 6.02. The average molecular weight is 778 g/mol. The van der Waals surface area contributed by atoms with Crippen LogP contribution in [0.2, 0.25) is 0 Å². The molecule has 6 heterocycles. The number of carboxylic acids is 1. The summed E-state index contributed by atoms with van der Waals surface area (Å²) in [5.41, 5.74) is 1.86. The third-order valence-corrected chi connectivity index (χ3v) is 10.4. The third-order valence-electron chi connectivity index (χ3n) is 9.75. The van der Waals surface area contributed by atoms with Crippen molar-refractivity contribution < 1.29 is 41.7 Å². The summed E-state index contributed by atoms with van der Waals surface area (Å²) < 4.78 is 67.6. The van der Waals surface area contributed by atoms with Crippen molar-refractivity contribution in [2.24, 2.45) is 23.7 Å². The van der Waals surface area contributed by atoms with Crippen LogP contribution in [-0.2, 0) is 17.8 Å². The Morgan fingerprint density at radius 1 is 0.824 bits per heavy atom. The van der Waals surface area contributed by atoms with E-state index in [-0.39, 0.29) is 11.4 Å². The molecule has 13 nitrogen and oxygen atoms in total. The van der Waals surface area contributed by atoms with Crippen molar-refractivity contribution in [3.63, 3.8) is 0 Å². The van der Waals surface area contributed by atoms with Gasteiger partial charge in [-0.25, -0.2) is 42.1 Å². The first kappa shape index (κ1) is 34.7. The van der Waals surface area contributed by atoms with Gasteiger partial charge in [-0.3, -0.25) is 0 Å². The van der Waals surface area contributed by atoms with E-state index in [4.69, 9.17) is 14.6 Å². The van der Waals surface area contributed by atoms with Crippen LogP contribution in [0.1, 0.15) is 39.0 Å². The van der Waals surface area contributed by atoms with Crippen molar-refractivity contribution in [2.75, 3.05) is 49.7 Å². The Labute approximate surface area is 297 Å². The van der Waals surface area contributed by atoms with Gasteiger partial charge < -0.3 is 33.5 Å². The molecule has 0 spiro atoms. The lowest BCUT2D eigenvalue weighted by atomic mass is 10.2. The second kappa shape index (κ2) is 13.1. The maximum atomic E-state index is 13.3. The van der Waals surface area contributed by atoms with Gasteiger partial charge in [0.2, 0.25) is 5.88 Å². The quantitative estimate of drug-likeness (QED) is 0.136. The summed E-state index contributed by atoms with van der Waals surface area (Å²) >= 11 is 3.45. The molecule has 1 N–H and O–H groups in total. The normalized spacial score (nSPS) is 23.2. The van der Waals surface area contributed by atoms with E-state index in [0.29, 0.717) is 68.0 Å². The maximum Gasteiger partial charge on any atom is 0.358 e. The minimum absolute atomic E-state index is 0.0410. The number of alkyl halides is 4. The molecule has 2 aliphatic heterocycles. The van der Waals surface area contributed by atoms with E-state index >= 15 is 0 Å². The molecule has 4 aromatic heterocycles. The molecule has 51 heavy (non-hydrogen) atoms. The summed E-state index contributed by atoms with van der Waals surface area (Å²) in [7, 11) is 1.49. The van der Waals surface area contributed by atoms with Crippen LogP contribution in [0.4, 0.5) is 29.2 Å². The summed E-state index contributed by atoms with van der Waals surface area (Å²) in [6, 6.07) is 7.32. The largest absolute Gasteiger partial charge is 0.481 e. The molecule has 0 bridgehead atoms. The summed E-state index contributed by atoms with van der Waals surface area (Å²) in [4.78, 5) is 43.1. The topological polar surface area (TPSA) is 141 Å². The van der Waals surface area contributed by atoms with Gasteiger partial charge in [0.1, 0.15) is 16.2 Å². The van der Waals surface area contributed by atoms with Crippen molar-refractivity contribution in [3.05, 3.63) is 76.4 Å². The number of esters is 1. The first-order valence-electron chi connectivity index (χ1n) is 16.2. The molecule has 18 heteroatoms. The monoisotopic (exact) mass is 776 g/mol. The molecule has 4 aliphatic rings. The van der Waals surface area contributed by atoms with Crippen molar-refractivity contribution in [1.29, 1.82) is 0 Å². The number of halogens is 5. The van der Waals surface area contributed by atoms with Gasteiger partial charge in [-0.1, -0.05) is 6.07 Å². The lowest BCUT2D eigenvalue weighted by Crippen LogP contribution is -2.28. The number of ether oxygens (including phenoxy) is 2. The number of carbonyl (C=O) groups is 2. The lowest BCUT2D eigenvalue weighted by molar-refractivity contribution is 0.0519. The number of aromatic nitrogens is 6. The molecular formula is C33H33BrF4N8O5. The second-order valence-corrected chi connectivity index (χ2v) is 13.7. The highest BCUT2D eigenvalue weighted by Crippen LogP contribution is 2.60. The minimum Gasteiger partial charge on any atom is -0.481 e. The van der Waals surface area contributed by atoms with Crippen LogP contribution in [-0.4, -0.2) is 97.9 Å². The molecular weight excluding hydrogens is 744 g/mol. The van der Waals surface area contributed by atoms with Gasteiger partial charge in [0.15, 0.2) is 11.4 Å². The number of methoxy groups -OCH3 is 1. The van der Waals surface area contributed by atoms with Crippen LogP contribution in [0.15, 0.2) is 53.9 Å². The first-order valence-corrected chi connectivity index (χ1v) is 17.0. The Hall–Kier alpha value is -4.74. The van der Waals surface area contributed by atoms with Crippen molar-refractivity contribution >= 4 is 39.5 Å². The highest BCUT2D eigenvalue weighted by molar-refractivity contribution is 9.10. The van der Waals surface area contributed by atoms with Gasteiger partial charge in [0.25, 0.3) is 11.8 Å². The number of carbonyl (C=O) groups excluding carboxylic acids is 1. The summed E-state index contributed by atoms with van der Waals surface area (Å²) in [5, 5.41) is 8.91. The van der Waals surface area contributed by atoms with E-state index in [2.05, 4.69) is 35.9 Å². The van der Waals surface area contributed by atoms with Crippen LogP contribution in [0.5, 0.6) is 5.88 Å². The van der Waals surface area contributed by atoms with E-state index in [9.17, 15) is 27.2 Å². The van der Waals surface area contributed by atoms with Crippen LogP contribution in [0.3, 0.4) is 0 Å². The van der Waals surface area contributed by atoms with Crippen LogP contribution in [0, 0.1) is 23.7 Å². The summed E-state index contributed by atoms with van der Waals surface area (Å²) in [5.74, 6) is -7.08. The average Bonchev–Trinajstić information content (AvgIpc) is 3.69. The van der Waals surface area contributed by atoms with Gasteiger partial charge >= 0.3 is 11.9 Å². The van der Waals surface area contributed by atoms with E-state index in [0.717, 1.165) is 11.1 Å². The fraction of sp³-hybridized carbons (Fsp3) is 0.455. The number of hydrogen-bond acceptors (Lipinski definition) is 10. The molecule has 270 valence electrons. The molecule has 4 atom stereocenters. The number of anilines is 2. The third kappa shape index (κ3) is 6.72. The number of nitrogens with zero attached hydrogens (tertiary/aromatic N) is 8. The fourth-order valence-corrected chi connectivity index (χ4v) is 7.22. The number of imidazole rings is 2. The van der Waals surface area contributed by atoms with Crippen molar-refractivity contribution in [3.8, 4) is 5.88 Å². The number of hydrogen-bond donors (Lipinski definition) is 1. The van der Waals surface area contributed by atoms with Crippen LogP contribution >= 0.6 is 15.9 Å². The molecule has 0 aromatic carbocycles. The van der Waals surface area contributed by atoms with E-state index in [1.165, 1.54) is 19.6 Å². The second-order valence-electron chi connectivity index (χ2n) is 12.9. The molecule has 2 aliphatic carbocycles. The Morgan fingerprint density at radius 3 is 1.80 bits per heavy atom. The first-order chi connectivity index (χ1) is 24.3. The predicted molar refractivity (Wildman–Crippen MR) is 177 cm³/mol. The Kier molecular flexibility index (Phi) is 8.91. The number of piperidine rings is 2. The molecule has 8 rings (SSSR count). The number of carboxylic acid groups (broad SMARTS) is 1. The number of rotatable bonds is 10. The smallest absolute Gasteiger partial charge is 0.358 e. The van der Waals surface area contributed by atoms with Crippen LogP contribution in [0.25, 0.3) is 0 Å². The van der Waals surface area contributed by atoms with Gasteiger partial charge in [0.05, 0.1) is 63.1 Å². The zero-order chi connectivity index (χ0) is 36.2. The molecule has 0 amide bonds. The molecule has 2 saturated carbocycles. The fourth-order valence-electron chi connectivity index (χ4n) is 6.78. The molecule has 4 fully saturated rings. The Morgan fingerprint density at radius 2 is 1.31 bits per heavy atom. The number of aromatic carboxylic acids is 1. The van der Waals surface area contributed by atoms with E-state index in [1.807, 2.05) is 28.0 Å². The SMILES string of the molecule is CCOC(=O)c1cn(Cc2ccc(N3CC4C(C3)C4(F)F)nc2Br)cn1.COc1nc(N2CC3C(C2)C3(F)F)ccc1Cn1cnc(C(=O)O)c1. The Balaban J connectivity index is 0.000000159. The standard InChI is InChI=1S/C17H17BrF2N4O2.C16H16F2N4O3/c1-2-26-16(25)13-8-23(9-21-13)5-10-3-4-14(22-15(10)18)24-6-11-12(7-24)17(11,19)20;1-25-14-9(4-21-7-12(15(23)24)19-8-21)2-3-13(20-14)22-5-10-11(6-22)16(10,17)18/h3-4,8-9,11-12H,2,5-7H2,1H3;2-3,7-8,10-11H,4-6H2,1H3,(H,23,24). The van der Waals surface area contributed by atoms with Crippen molar-refractivity contribution in [1.82, 2.24) is 29.1 Å². The van der Waals surface area contributed by atoms with Gasteiger partial charge in [-0.2, -0.15) is 4.98 Å². The molecule has 4 unspecified atom stereocenters. The van der Waals surface area contributed by atoms with E-state index < -0.39 is 47.5 Å². The zero-order valence-electron chi connectivity index (χ0n) is 27.4. The van der Waals surface area contributed by atoms with Crippen LogP contribution < -0.4 is 14.5 Å². The molecule has 2 saturated heterocycles. The minimum atomic E-state index is -2.52. The molecule has 0 radical (unpaired) electrons.